The fourth-order valence-corrected chi connectivity index (χ4v) is 1.64. The molecule has 0 amide bonds. The van der Waals surface area contributed by atoms with Gasteiger partial charge < -0.3 is 5.73 Å². The Bertz CT molecular complexity index is 238. The fraction of sp³-hybridized carbons (Fsp3) is 0.571. The van der Waals surface area contributed by atoms with Gasteiger partial charge in [0.1, 0.15) is 5.82 Å². The average Bonchev–Trinajstić information content (AvgIpc) is 2.39. The highest BCUT2D eigenvalue weighted by Gasteiger charge is 2.18. The van der Waals surface area contributed by atoms with Crippen LogP contribution in [0.3, 0.4) is 0 Å². The fourth-order valence-electron chi connectivity index (χ4n) is 1.64. The first-order valence-electron chi connectivity index (χ1n) is 3.59. The molecule has 0 spiro atoms. The lowest BCUT2D eigenvalue weighted by Gasteiger charge is -1.92. The number of aryl methyl sites for hydroxylation is 1. The number of fused-ring (bicyclic) bond motifs is 1. The van der Waals surface area contributed by atoms with Crippen molar-refractivity contribution in [2.24, 2.45) is 7.05 Å². The van der Waals surface area contributed by atoms with Crippen LogP contribution >= 0.6 is 0 Å². The number of rotatable bonds is 0. The van der Waals surface area contributed by atoms with Crippen molar-refractivity contribution in [2.45, 2.75) is 19.3 Å². The molecule has 0 atom stereocenters. The molecular weight excluding hydrogens is 126 g/mol. The average molecular weight is 137 g/mol. The SMILES string of the molecule is Cn1nc(N)c2c1CCC2. The molecule has 0 saturated heterocycles. The van der Waals surface area contributed by atoms with Crippen LogP contribution in [0, 0.1) is 0 Å². The zero-order valence-electron chi connectivity index (χ0n) is 6.09. The van der Waals surface area contributed by atoms with Crippen molar-refractivity contribution in [3.8, 4) is 0 Å². The molecule has 0 aromatic carbocycles. The molecule has 3 nitrogen and oxygen atoms in total. The second-order valence-corrected chi connectivity index (χ2v) is 2.79. The van der Waals surface area contributed by atoms with E-state index in [1.807, 2.05) is 11.7 Å². The highest BCUT2D eigenvalue weighted by molar-refractivity contribution is 5.44. The van der Waals surface area contributed by atoms with E-state index in [0.29, 0.717) is 0 Å². The summed E-state index contributed by atoms with van der Waals surface area (Å²) in [4.78, 5) is 0. The third-order valence-corrected chi connectivity index (χ3v) is 2.15. The molecule has 2 N–H and O–H groups in total. The molecule has 2 rings (SSSR count). The predicted octanol–water partition coefficient (Wildman–Crippen LogP) is 0.491. The van der Waals surface area contributed by atoms with Crippen LogP contribution < -0.4 is 5.73 Å². The summed E-state index contributed by atoms with van der Waals surface area (Å²) in [7, 11) is 1.96. The van der Waals surface area contributed by atoms with Crippen molar-refractivity contribution in [1.82, 2.24) is 9.78 Å². The Morgan fingerprint density at radius 2 is 2.30 bits per heavy atom. The lowest BCUT2D eigenvalue weighted by Crippen LogP contribution is -1.96. The van der Waals surface area contributed by atoms with Crippen molar-refractivity contribution >= 4 is 5.82 Å². The smallest absolute Gasteiger partial charge is 0.148 e. The maximum absolute atomic E-state index is 5.66. The third-order valence-electron chi connectivity index (χ3n) is 2.15. The molecular formula is C7H11N3. The number of nitrogens with two attached hydrogens (primary N) is 1. The van der Waals surface area contributed by atoms with Gasteiger partial charge in [0.25, 0.3) is 0 Å². The first kappa shape index (κ1) is 5.77. The van der Waals surface area contributed by atoms with Crippen LogP contribution in [0.4, 0.5) is 5.82 Å². The van der Waals surface area contributed by atoms with Crippen LogP contribution in [0.2, 0.25) is 0 Å². The molecule has 0 aliphatic heterocycles. The molecule has 0 fully saturated rings. The Morgan fingerprint density at radius 1 is 1.50 bits per heavy atom. The van der Waals surface area contributed by atoms with E-state index in [0.717, 1.165) is 18.7 Å². The minimum atomic E-state index is 0.731. The van der Waals surface area contributed by atoms with Gasteiger partial charge in [-0.25, -0.2) is 0 Å². The monoisotopic (exact) mass is 137 g/mol. The summed E-state index contributed by atoms with van der Waals surface area (Å²) in [6.45, 7) is 0. The summed E-state index contributed by atoms with van der Waals surface area (Å²) in [6, 6.07) is 0. The van der Waals surface area contributed by atoms with Crippen LogP contribution in [-0.4, -0.2) is 9.78 Å². The molecule has 1 heterocycles. The molecule has 0 radical (unpaired) electrons. The molecule has 1 aliphatic carbocycles. The summed E-state index contributed by atoms with van der Waals surface area (Å²) < 4.78 is 1.90. The van der Waals surface area contributed by atoms with Gasteiger partial charge in [0.2, 0.25) is 0 Å². The molecule has 10 heavy (non-hydrogen) atoms. The largest absolute Gasteiger partial charge is 0.382 e. The highest BCUT2D eigenvalue weighted by Crippen LogP contribution is 2.25. The second kappa shape index (κ2) is 1.75. The number of hydrogen-bond acceptors (Lipinski definition) is 2. The molecule has 0 unspecified atom stereocenters. The van der Waals surface area contributed by atoms with E-state index in [1.54, 1.807) is 0 Å². The summed E-state index contributed by atoms with van der Waals surface area (Å²) >= 11 is 0. The first-order chi connectivity index (χ1) is 4.79. The van der Waals surface area contributed by atoms with Crippen LogP contribution in [0.25, 0.3) is 0 Å². The van der Waals surface area contributed by atoms with Crippen molar-refractivity contribution < 1.29 is 0 Å². The maximum atomic E-state index is 5.66. The summed E-state index contributed by atoms with van der Waals surface area (Å²) in [5.74, 6) is 0.731. The minimum Gasteiger partial charge on any atom is -0.382 e. The second-order valence-electron chi connectivity index (χ2n) is 2.79. The lowest BCUT2D eigenvalue weighted by molar-refractivity contribution is 0.710. The van der Waals surface area contributed by atoms with E-state index in [4.69, 9.17) is 5.73 Å². The van der Waals surface area contributed by atoms with Crippen molar-refractivity contribution in [2.75, 3.05) is 5.73 Å². The molecule has 0 bridgehead atoms. The van der Waals surface area contributed by atoms with Crippen LogP contribution in [0.5, 0.6) is 0 Å². The number of anilines is 1. The molecule has 1 aromatic rings. The molecule has 3 heteroatoms. The van der Waals surface area contributed by atoms with Gasteiger partial charge in [-0.3, -0.25) is 4.68 Å². The minimum absolute atomic E-state index is 0.731. The quantitative estimate of drug-likeness (QED) is 0.565. The normalized spacial score (nSPS) is 15.7. The molecule has 0 saturated carbocycles. The van der Waals surface area contributed by atoms with Gasteiger partial charge >= 0.3 is 0 Å². The van der Waals surface area contributed by atoms with Gasteiger partial charge in [0, 0.05) is 18.3 Å². The maximum Gasteiger partial charge on any atom is 0.148 e. The van der Waals surface area contributed by atoms with Crippen molar-refractivity contribution in [3.05, 3.63) is 11.3 Å². The van der Waals surface area contributed by atoms with E-state index >= 15 is 0 Å². The standard InChI is InChI=1S/C7H11N3/c1-10-6-4-2-3-5(6)7(8)9-10/h2-4H2,1H3,(H2,8,9). The van der Waals surface area contributed by atoms with Gasteiger partial charge in [-0.15, -0.1) is 0 Å². The van der Waals surface area contributed by atoms with Gasteiger partial charge in [0.15, 0.2) is 0 Å². The summed E-state index contributed by atoms with van der Waals surface area (Å²) in [6.07, 6.45) is 3.51. The van der Waals surface area contributed by atoms with Crippen LogP contribution in [-0.2, 0) is 19.9 Å². The number of nitrogen functional groups attached to an aromatic ring is 1. The van der Waals surface area contributed by atoms with E-state index in [2.05, 4.69) is 5.10 Å². The Morgan fingerprint density at radius 3 is 3.00 bits per heavy atom. The van der Waals surface area contributed by atoms with Gasteiger partial charge in [0.05, 0.1) is 0 Å². The number of nitrogens with zero attached hydrogens (tertiary/aromatic N) is 2. The van der Waals surface area contributed by atoms with E-state index < -0.39 is 0 Å². The van der Waals surface area contributed by atoms with Crippen molar-refractivity contribution in [3.63, 3.8) is 0 Å². The number of hydrogen-bond donors (Lipinski definition) is 1. The summed E-state index contributed by atoms with van der Waals surface area (Å²) in [5, 5.41) is 4.13. The lowest BCUT2D eigenvalue weighted by atomic mass is 10.3. The van der Waals surface area contributed by atoms with Gasteiger partial charge in [-0.2, -0.15) is 5.10 Å². The molecule has 54 valence electrons. The van der Waals surface area contributed by atoms with Gasteiger partial charge in [-0.1, -0.05) is 0 Å². The van der Waals surface area contributed by atoms with E-state index in [1.165, 1.54) is 17.7 Å². The molecule has 1 aliphatic rings. The Balaban J connectivity index is 2.61. The zero-order chi connectivity index (χ0) is 7.14. The Kier molecular flexibility index (Phi) is 1.01. The third kappa shape index (κ3) is 0.574. The molecule has 1 aromatic heterocycles. The summed E-state index contributed by atoms with van der Waals surface area (Å²) in [5.41, 5.74) is 8.27. The first-order valence-corrected chi connectivity index (χ1v) is 3.59. The number of aromatic nitrogens is 2. The topological polar surface area (TPSA) is 43.8 Å². The van der Waals surface area contributed by atoms with E-state index in [9.17, 15) is 0 Å². The highest BCUT2D eigenvalue weighted by atomic mass is 15.3. The predicted molar refractivity (Wildman–Crippen MR) is 39.6 cm³/mol. The Hall–Kier alpha value is -0.990. The van der Waals surface area contributed by atoms with Crippen LogP contribution in [0.1, 0.15) is 17.7 Å². The van der Waals surface area contributed by atoms with Crippen LogP contribution in [0.15, 0.2) is 0 Å². The Labute approximate surface area is 59.8 Å². The zero-order valence-corrected chi connectivity index (χ0v) is 6.09. The van der Waals surface area contributed by atoms with E-state index in [-0.39, 0.29) is 0 Å². The van der Waals surface area contributed by atoms with Gasteiger partial charge in [-0.05, 0) is 19.3 Å². The van der Waals surface area contributed by atoms with Crippen molar-refractivity contribution in [1.29, 1.82) is 0 Å².